The molecule has 0 unspecified atom stereocenters. The second-order valence-electron chi connectivity index (χ2n) is 7.05. The van der Waals surface area contributed by atoms with Gasteiger partial charge in [0.05, 0.1) is 16.8 Å². The van der Waals surface area contributed by atoms with E-state index >= 15 is 0 Å². The first-order valence-electron chi connectivity index (χ1n) is 9.10. The van der Waals surface area contributed by atoms with Crippen molar-refractivity contribution in [3.05, 3.63) is 17.2 Å². The van der Waals surface area contributed by atoms with Crippen LogP contribution in [0, 0.1) is 5.92 Å². The van der Waals surface area contributed by atoms with Gasteiger partial charge < -0.3 is 9.64 Å². The highest BCUT2D eigenvalue weighted by Crippen LogP contribution is 2.39. The molecule has 0 saturated heterocycles. The summed E-state index contributed by atoms with van der Waals surface area (Å²) in [4.78, 5) is 21.9. The summed E-state index contributed by atoms with van der Waals surface area (Å²) >= 11 is 7.83. The topological polar surface area (TPSA) is 45.7 Å². The molecule has 1 aliphatic rings. The van der Waals surface area contributed by atoms with Crippen molar-refractivity contribution in [2.45, 2.75) is 32.1 Å². The molecule has 1 aromatic heterocycles. The molecule has 0 aliphatic heterocycles. The molecule has 0 spiro atoms. The Morgan fingerprint density at radius 1 is 1.27 bits per heavy atom. The molecular weight excluding hydrogens is 370 g/mol. The standard InChI is InChI=1S/C19H26ClN3O2S/c1-22(2)11-12-23(18(24)13-7-5-4-6-8-13)19-21-16-15(25-3)10-9-14(20)17(16)26-19/h9-10,13H,4-8,11-12H2,1-3H3. The Bertz CT molecular complexity index is 771. The molecule has 1 aromatic carbocycles. The molecule has 26 heavy (non-hydrogen) atoms. The Morgan fingerprint density at radius 2 is 2.00 bits per heavy atom. The van der Waals surface area contributed by atoms with Crippen LogP contribution >= 0.6 is 22.9 Å². The monoisotopic (exact) mass is 395 g/mol. The molecule has 3 rings (SSSR count). The van der Waals surface area contributed by atoms with E-state index in [1.165, 1.54) is 17.8 Å². The van der Waals surface area contributed by atoms with E-state index in [9.17, 15) is 4.79 Å². The summed E-state index contributed by atoms with van der Waals surface area (Å²) in [7, 11) is 5.65. The number of aromatic nitrogens is 1. The van der Waals surface area contributed by atoms with Crippen molar-refractivity contribution in [3.8, 4) is 5.75 Å². The van der Waals surface area contributed by atoms with Crippen LogP contribution in [0.4, 0.5) is 5.13 Å². The van der Waals surface area contributed by atoms with Crippen LogP contribution in [-0.4, -0.2) is 50.1 Å². The van der Waals surface area contributed by atoms with Crippen LogP contribution in [0.15, 0.2) is 12.1 Å². The average molecular weight is 396 g/mol. The predicted molar refractivity (Wildman–Crippen MR) is 109 cm³/mol. The van der Waals surface area contributed by atoms with Crippen LogP contribution in [-0.2, 0) is 4.79 Å². The predicted octanol–water partition coefficient (Wildman–Crippen LogP) is 4.43. The number of carbonyl (C=O) groups excluding carboxylic acids is 1. The van der Waals surface area contributed by atoms with Crippen LogP contribution in [0.5, 0.6) is 5.75 Å². The number of benzene rings is 1. The van der Waals surface area contributed by atoms with Crippen molar-refractivity contribution in [1.82, 2.24) is 9.88 Å². The van der Waals surface area contributed by atoms with Gasteiger partial charge in [-0.05, 0) is 39.1 Å². The van der Waals surface area contributed by atoms with Crippen molar-refractivity contribution in [1.29, 1.82) is 0 Å². The zero-order valence-corrected chi connectivity index (χ0v) is 17.2. The number of ether oxygens (including phenoxy) is 1. The molecule has 1 amide bonds. The number of hydrogen-bond donors (Lipinski definition) is 0. The normalized spacial score (nSPS) is 15.6. The third-order valence-electron chi connectivity index (χ3n) is 4.89. The van der Waals surface area contributed by atoms with Gasteiger partial charge in [-0.1, -0.05) is 42.2 Å². The maximum atomic E-state index is 13.2. The van der Waals surface area contributed by atoms with Crippen LogP contribution in [0.2, 0.25) is 5.02 Å². The number of hydrogen-bond acceptors (Lipinski definition) is 5. The van der Waals surface area contributed by atoms with E-state index in [1.54, 1.807) is 7.11 Å². The molecule has 5 nitrogen and oxygen atoms in total. The highest BCUT2D eigenvalue weighted by Gasteiger charge is 2.29. The number of rotatable bonds is 6. The first-order valence-corrected chi connectivity index (χ1v) is 10.3. The summed E-state index contributed by atoms with van der Waals surface area (Å²) in [6.07, 6.45) is 5.46. The van der Waals surface area contributed by atoms with Gasteiger partial charge in [0.1, 0.15) is 11.3 Å². The first-order chi connectivity index (χ1) is 12.5. The van der Waals surface area contributed by atoms with Crippen molar-refractivity contribution in [2.75, 3.05) is 39.2 Å². The van der Waals surface area contributed by atoms with E-state index in [0.717, 1.165) is 42.4 Å². The number of thiazole rings is 1. The Morgan fingerprint density at radius 3 is 2.65 bits per heavy atom. The Kier molecular flexibility index (Phi) is 6.37. The Hall–Kier alpha value is -1.37. The minimum Gasteiger partial charge on any atom is -0.494 e. The highest BCUT2D eigenvalue weighted by atomic mass is 35.5. The number of likely N-dealkylation sites (N-methyl/N-ethyl adjacent to an activating group) is 1. The third-order valence-corrected chi connectivity index (χ3v) is 6.43. The number of methoxy groups -OCH3 is 1. The fraction of sp³-hybridized carbons (Fsp3) is 0.579. The molecule has 0 radical (unpaired) electrons. The lowest BCUT2D eigenvalue weighted by Gasteiger charge is -2.28. The van der Waals surface area contributed by atoms with Crippen molar-refractivity contribution in [2.24, 2.45) is 5.92 Å². The van der Waals surface area contributed by atoms with E-state index < -0.39 is 0 Å². The third kappa shape index (κ3) is 4.13. The van der Waals surface area contributed by atoms with Crippen LogP contribution in [0.1, 0.15) is 32.1 Å². The molecule has 0 bridgehead atoms. The second-order valence-corrected chi connectivity index (χ2v) is 8.44. The van der Waals surface area contributed by atoms with Gasteiger partial charge in [-0.25, -0.2) is 4.98 Å². The van der Waals surface area contributed by atoms with Gasteiger partial charge in [0.2, 0.25) is 5.91 Å². The van der Waals surface area contributed by atoms with E-state index in [4.69, 9.17) is 21.3 Å². The number of fused-ring (bicyclic) bond motifs is 1. The number of anilines is 1. The zero-order valence-electron chi connectivity index (χ0n) is 15.6. The van der Waals surface area contributed by atoms with Gasteiger partial charge in [0.15, 0.2) is 5.13 Å². The van der Waals surface area contributed by atoms with Crippen LogP contribution in [0.3, 0.4) is 0 Å². The summed E-state index contributed by atoms with van der Waals surface area (Å²) in [6.45, 7) is 1.42. The van der Waals surface area contributed by atoms with Crippen LogP contribution < -0.4 is 9.64 Å². The fourth-order valence-electron chi connectivity index (χ4n) is 3.39. The molecule has 1 fully saturated rings. The van der Waals surface area contributed by atoms with Crippen molar-refractivity contribution >= 4 is 44.2 Å². The van der Waals surface area contributed by atoms with Crippen molar-refractivity contribution in [3.63, 3.8) is 0 Å². The number of nitrogens with zero attached hydrogens (tertiary/aromatic N) is 3. The van der Waals surface area contributed by atoms with Gasteiger partial charge in [-0.3, -0.25) is 9.69 Å². The van der Waals surface area contributed by atoms with Crippen LogP contribution in [0.25, 0.3) is 10.2 Å². The SMILES string of the molecule is COc1ccc(Cl)c2sc(N(CCN(C)C)C(=O)C3CCCCC3)nc12. The lowest BCUT2D eigenvalue weighted by molar-refractivity contribution is -0.123. The molecule has 7 heteroatoms. The summed E-state index contributed by atoms with van der Waals surface area (Å²) in [6, 6.07) is 3.64. The largest absolute Gasteiger partial charge is 0.494 e. The summed E-state index contributed by atoms with van der Waals surface area (Å²) in [5.74, 6) is 0.987. The lowest BCUT2D eigenvalue weighted by atomic mass is 9.88. The van der Waals surface area contributed by atoms with Gasteiger partial charge >= 0.3 is 0 Å². The smallest absolute Gasteiger partial charge is 0.231 e. The van der Waals surface area contributed by atoms with Gasteiger partial charge in [-0.2, -0.15) is 0 Å². The highest BCUT2D eigenvalue weighted by molar-refractivity contribution is 7.23. The van der Waals surface area contributed by atoms with E-state index in [0.29, 0.717) is 22.4 Å². The Labute approximate surface area is 163 Å². The number of carbonyl (C=O) groups is 1. The average Bonchev–Trinajstić information content (AvgIpc) is 3.08. The van der Waals surface area contributed by atoms with E-state index in [2.05, 4.69) is 4.90 Å². The van der Waals surface area contributed by atoms with Gasteiger partial charge in [0, 0.05) is 19.0 Å². The quantitative estimate of drug-likeness (QED) is 0.725. The fourth-order valence-corrected chi connectivity index (χ4v) is 4.68. The lowest BCUT2D eigenvalue weighted by Crippen LogP contribution is -2.41. The number of amides is 1. The first kappa shape index (κ1) is 19.4. The van der Waals surface area contributed by atoms with E-state index in [-0.39, 0.29) is 11.8 Å². The molecule has 1 heterocycles. The molecule has 1 aliphatic carbocycles. The summed E-state index contributed by atoms with van der Waals surface area (Å²) < 4.78 is 6.29. The summed E-state index contributed by atoms with van der Waals surface area (Å²) in [5.41, 5.74) is 0.728. The zero-order chi connectivity index (χ0) is 18.7. The molecule has 2 aromatic rings. The minimum absolute atomic E-state index is 0.107. The molecule has 0 N–H and O–H groups in total. The van der Waals surface area contributed by atoms with Crippen molar-refractivity contribution < 1.29 is 9.53 Å². The van der Waals surface area contributed by atoms with Gasteiger partial charge in [0.25, 0.3) is 0 Å². The maximum absolute atomic E-state index is 13.2. The molecule has 1 saturated carbocycles. The summed E-state index contributed by atoms with van der Waals surface area (Å²) in [5, 5.41) is 1.35. The minimum atomic E-state index is 0.107. The van der Waals surface area contributed by atoms with E-state index in [1.807, 2.05) is 31.1 Å². The molecule has 0 atom stereocenters. The maximum Gasteiger partial charge on any atom is 0.231 e. The number of halogens is 1. The molecule has 142 valence electrons. The Balaban J connectivity index is 1.96. The van der Waals surface area contributed by atoms with Gasteiger partial charge in [-0.15, -0.1) is 0 Å². The molecular formula is C19H26ClN3O2S. The second kappa shape index (κ2) is 8.55.